The smallest absolute Gasteiger partial charge is 0.388 e. The number of hydrogen-bond acceptors (Lipinski definition) is 6. The Morgan fingerprint density at radius 2 is 1.74 bits per heavy atom. The van der Waals surface area contributed by atoms with E-state index in [1.54, 1.807) is 0 Å². The van der Waals surface area contributed by atoms with Gasteiger partial charge in [-0.25, -0.2) is 0 Å². The predicted octanol–water partition coefficient (Wildman–Crippen LogP) is 5.51. The molecule has 2 aliphatic rings. The number of hydrogen-bond donors (Lipinski definition) is 2. The van der Waals surface area contributed by atoms with Gasteiger partial charge in [-0.3, -0.25) is 19.1 Å². The van der Waals surface area contributed by atoms with Crippen LogP contribution in [0.3, 0.4) is 0 Å². The van der Waals surface area contributed by atoms with E-state index in [9.17, 15) is 27.6 Å². The molecule has 0 bridgehead atoms. The molecule has 3 heterocycles. The van der Waals surface area contributed by atoms with Crippen molar-refractivity contribution in [2.75, 3.05) is 12.1 Å². The first-order valence-electron chi connectivity index (χ1n) is 11.5. The second kappa shape index (κ2) is 12.9. The third kappa shape index (κ3) is 7.78. The second-order valence-corrected chi connectivity index (χ2v) is 9.49. The lowest BCUT2D eigenvalue weighted by Gasteiger charge is -2.22. The SMILES string of the molecule is CC(=O)Oc1c2n(ccc1=O)NCNC2=O.CCC(F)(F)F.Clc1cccc2c1SCc1ccccc1C2. The van der Waals surface area contributed by atoms with Gasteiger partial charge in [-0.05, 0) is 29.2 Å². The molecule has 12 heteroatoms. The lowest BCUT2D eigenvalue weighted by Crippen LogP contribution is -2.43. The maximum absolute atomic E-state index is 11.5. The number of rotatable bonds is 1. The summed E-state index contributed by atoms with van der Waals surface area (Å²) in [6, 6.07) is 16.0. The molecule has 0 saturated heterocycles. The molecule has 0 saturated carbocycles. The third-order valence-electron chi connectivity index (χ3n) is 5.33. The molecule has 2 N–H and O–H groups in total. The fourth-order valence-corrected chi connectivity index (χ4v) is 4.94. The molecule has 0 aliphatic carbocycles. The van der Waals surface area contributed by atoms with Crippen molar-refractivity contribution < 1.29 is 27.5 Å². The van der Waals surface area contributed by atoms with E-state index < -0.39 is 29.9 Å². The molecule has 0 unspecified atom stereocenters. The Bertz CT molecular complexity index is 1380. The van der Waals surface area contributed by atoms with Gasteiger partial charge < -0.3 is 15.5 Å². The van der Waals surface area contributed by atoms with Crippen LogP contribution in [0.15, 0.2) is 64.4 Å². The van der Waals surface area contributed by atoms with Crippen molar-refractivity contribution in [2.45, 2.75) is 43.5 Å². The first kappa shape index (κ1) is 29.1. The molecule has 38 heavy (non-hydrogen) atoms. The van der Waals surface area contributed by atoms with E-state index in [0.29, 0.717) is 0 Å². The number of carbonyl (C=O) groups excluding carboxylic acids is 2. The molecule has 3 aromatic rings. The van der Waals surface area contributed by atoms with Gasteiger partial charge in [0.05, 0.1) is 5.02 Å². The Morgan fingerprint density at radius 3 is 2.39 bits per heavy atom. The molecule has 1 aromatic heterocycles. The minimum Gasteiger partial charge on any atom is -0.420 e. The van der Waals surface area contributed by atoms with E-state index in [1.165, 1.54) is 38.5 Å². The molecule has 0 fully saturated rings. The summed E-state index contributed by atoms with van der Waals surface area (Å²) in [5, 5.41) is 3.36. The number of pyridine rings is 1. The zero-order chi connectivity index (χ0) is 27.9. The molecule has 2 aromatic carbocycles. The van der Waals surface area contributed by atoms with Crippen molar-refractivity contribution in [3.05, 3.63) is 92.4 Å². The largest absolute Gasteiger partial charge is 0.420 e. The van der Waals surface area contributed by atoms with E-state index in [0.717, 1.165) is 31.0 Å². The summed E-state index contributed by atoms with van der Waals surface area (Å²) in [6.07, 6.45) is -2.28. The van der Waals surface area contributed by atoms with Gasteiger partial charge >= 0.3 is 12.1 Å². The molecule has 0 atom stereocenters. The van der Waals surface area contributed by atoms with Gasteiger partial charge in [0, 0.05) is 36.3 Å². The predicted molar refractivity (Wildman–Crippen MR) is 140 cm³/mol. The maximum atomic E-state index is 11.5. The van der Waals surface area contributed by atoms with Crippen molar-refractivity contribution in [3.63, 3.8) is 0 Å². The summed E-state index contributed by atoms with van der Waals surface area (Å²) in [5.41, 5.74) is 6.48. The number of esters is 1. The van der Waals surface area contributed by atoms with Gasteiger partial charge in [0.1, 0.15) is 6.67 Å². The number of benzene rings is 2. The zero-order valence-corrected chi connectivity index (χ0v) is 22.1. The van der Waals surface area contributed by atoms with Crippen molar-refractivity contribution in [1.82, 2.24) is 9.99 Å². The van der Waals surface area contributed by atoms with Gasteiger partial charge in [0.2, 0.25) is 11.2 Å². The third-order valence-corrected chi connectivity index (χ3v) is 6.99. The van der Waals surface area contributed by atoms with E-state index in [2.05, 4.69) is 41.1 Å². The molecule has 7 nitrogen and oxygen atoms in total. The highest BCUT2D eigenvalue weighted by Crippen LogP contribution is 2.37. The minimum absolute atomic E-state index is 0.00560. The average Bonchev–Trinajstić information content (AvgIpc) is 3.06. The number of carbonyl (C=O) groups is 2. The van der Waals surface area contributed by atoms with Crippen LogP contribution in [-0.2, 0) is 17.0 Å². The molecular formula is C26H25ClF3N3O4S. The van der Waals surface area contributed by atoms with E-state index >= 15 is 0 Å². The van der Waals surface area contributed by atoms with Gasteiger partial charge in [-0.15, -0.1) is 11.8 Å². The average molecular weight is 568 g/mol. The highest BCUT2D eigenvalue weighted by atomic mass is 35.5. The van der Waals surface area contributed by atoms with Crippen LogP contribution >= 0.6 is 23.4 Å². The quantitative estimate of drug-likeness (QED) is 0.377. The summed E-state index contributed by atoms with van der Waals surface area (Å²) in [6.45, 7) is 2.49. The van der Waals surface area contributed by atoms with Gasteiger partial charge in [-0.2, -0.15) is 13.2 Å². The van der Waals surface area contributed by atoms with Crippen LogP contribution in [0.2, 0.25) is 5.02 Å². The summed E-state index contributed by atoms with van der Waals surface area (Å²) >= 11 is 8.08. The van der Waals surface area contributed by atoms with Crippen molar-refractivity contribution in [3.8, 4) is 5.75 Å². The fourth-order valence-electron chi connectivity index (χ4n) is 3.47. The maximum Gasteiger partial charge on any atom is 0.388 e. The number of nitrogens with zero attached hydrogens (tertiary/aromatic N) is 1. The van der Waals surface area contributed by atoms with Crippen molar-refractivity contribution in [2.24, 2.45) is 0 Å². The number of nitrogens with one attached hydrogen (secondary N) is 2. The Labute approximate surface area is 226 Å². The standard InChI is InChI=1S/C14H11ClS.C9H9N3O4.C3H5F3/c15-13-7-3-6-11-8-10-4-1-2-5-12(10)9-16-14(11)13;1-5(13)16-8-6(14)2-3-12-7(8)9(15)10-4-11-12;1-2-3(4,5)6/h1-7H,8-9H2;2-3,11H,4H2,1H3,(H,10,15);2H2,1H3. The highest BCUT2D eigenvalue weighted by molar-refractivity contribution is 7.98. The van der Waals surface area contributed by atoms with Crippen LogP contribution in [0.1, 0.15) is 47.4 Å². The Kier molecular flexibility index (Phi) is 9.87. The van der Waals surface area contributed by atoms with E-state index in [-0.39, 0.29) is 18.1 Å². The van der Waals surface area contributed by atoms with Gasteiger partial charge in [-0.1, -0.05) is 54.9 Å². The minimum atomic E-state index is -3.96. The van der Waals surface area contributed by atoms with Crippen LogP contribution in [0.25, 0.3) is 0 Å². The zero-order valence-electron chi connectivity index (χ0n) is 20.5. The first-order valence-corrected chi connectivity index (χ1v) is 12.9. The number of ether oxygens (including phenoxy) is 1. The Morgan fingerprint density at radius 1 is 1.08 bits per heavy atom. The first-order chi connectivity index (χ1) is 18.0. The van der Waals surface area contributed by atoms with Crippen LogP contribution in [0, 0.1) is 0 Å². The van der Waals surface area contributed by atoms with Crippen LogP contribution in [-0.4, -0.2) is 29.4 Å². The number of halogens is 4. The van der Waals surface area contributed by atoms with Crippen LogP contribution in [0.5, 0.6) is 5.75 Å². The second-order valence-electron chi connectivity index (χ2n) is 8.09. The molecule has 2 aliphatic heterocycles. The number of fused-ring (bicyclic) bond motifs is 3. The topological polar surface area (TPSA) is 89.4 Å². The summed E-state index contributed by atoms with van der Waals surface area (Å²) < 4.78 is 38.4. The summed E-state index contributed by atoms with van der Waals surface area (Å²) in [4.78, 5) is 35.1. The lowest BCUT2D eigenvalue weighted by molar-refractivity contribution is -0.132. The van der Waals surface area contributed by atoms with E-state index in [1.807, 2.05) is 23.9 Å². The van der Waals surface area contributed by atoms with Gasteiger partial charge in [0.25, 0.3) is 5.91 Å². The van der Waals surface area contributed by atoms with Crippen molar-refractivity contribution in [1.29, 1.82) is 0 Å². The molecule has 202 valence electrons. The normalized spacial score (nSPS) is 13.4. The summed E-state index contributed by atoms with van der Waals surface area (Å²) in [5.74, 6) is -0.357. The number of thioether (sulfide) groups is 1. The van der Waals surface area contributed by atoms with Crippen LogP contribution < -0.4 is 20.9 Å². The fraction of sp³-hybridized carbons (Fsp3) is 0.269. The monoisotopic (exact) mass is 567 g/mol. The Hall–Kier alpha value is -3.44. The molecule has 0 spiro atoms. The molecular weight excluding hydrogens is 543 g/mol. The van der Waals surface area contributed by atoms with E-state index in [4.69, 9.17) is 16.3 Å². The molecule has 1 amide bonds. The van der Waals surface area contributed by atoms with Crippen molar-refractivity contribution >= 4 is 35.2 Å². The Balaban J connectivity index is 0.000000175. The number of alkyl halides is 3. The lowest BCUT2D eigenvalue weighted by atomic mass is 10.0. The number of aromatic nitrogens is 1. The van der Waals surface area contributed by atoms with Crippen LogP contribution in [0.4, 0.5) is 13.2 Å². The number of amides is 1. The summed E-state index contributed by atoms with van der Waals surface area (Å²) in [7, 11) is 0. The van der Waals surface area contributed by atoms with Gasteiger partial charge in [0.15, 0.2) is 5.69 Å². The molecule has 5 rings (SSSR count). The molecule has 0 radical (unpaired) electrons. The highest BCUT2D eigenvalue weighted by Gasteiger charge is 2.24.